The number of imidazole rings is 1. The summed E-state index contributed by atoms with van der Waals surface area (Å²) in [5, 5.41) is 0. The maximum absolute atomic E-state index is 13.0. The number of urea groups is 1. The predicted octanol–water partition coefficient (Wildman–Crippen LogP) is 2.14. The molecule has 3 atom stereocenters. The zero-order valence-corrected chi connectivity index (χ0v) is 15.5. The molecule has 0 unspecified atom stereocenters. The van der Waals surface area contributed by atoms with Gasteiger partial charge in [-0.3, -0.25) is 4.40 Å². The first-order valence-electron chi connectivity index (χ1n) is 9.74. The number of hydrogen-bond acceptors (Lipinski definition) is 4. The number of aromatic nitrogens is 4. The lowest BCUT2D eigenvalue weighted by Gasteiger charge is -2.39. The first kappa shape index (κ1) is 16.6. The molecule has 3 N–H and O–H groups in total. The molecule has 0 aliphatic carbocycles. The molecule has 8 nitrogen and oxygen atoms in total. The van der Waals surface area contributed by atoms with E-state index in [1.807, 2.05) is 34.5 Å². The number of rotatable bonds is 1. The van der Waals surface area contributed by atoms with Gasteiger partial charge in [0.1, 0.15) is 5.82 Å². The zero-order chi connectivity index (χ0) is 18.5. The molecule has 3 aromatic rings. The van der Waals surface area contributed by atoms with E-state index in [1.54, 1.807) is 0 Å². The Labute approximate surface area is 157 Å². The van der Waals surface area contributed by atoms with Crippen molar-refractivity contribution in [3.63, 3.8) is 0 Å². The molecule has 5 rings (SSSR count). The molecule has 2 aliphatic rings. The number of nitrogens with zero attached hydrogens (tertiary/aromatic N) is 5. The van der Waals surface area contributed by atoms with Crippen LogP contribution in [0, 0.1) is 5.92 Å². The van der Waals surface area contributed by atoms with E-state index >= 15 is 0 Å². The van der Waals surface area contributed by atoms with Gasteiger partial charge in [-0.2, -0.15) is 0 Å². The summed E-state index contributed by atoms with van der Waals surface area (Å²) < 4.78 is 2.18. The second kappa shape index (κ2) is 6.23. The van der Waals surface area contributed by atoms with Gasteiger partial charge in [0.05, 0.1) is 29.6 Å². The molecule has 0 aromatic carbocycles. The average molecular weight is 367 g/mol. The van der Waals surface area contributed by atoms with Crippen molar-refractivity contribution in [2.24, 2.45) is 11.7 Å². The number of aromatic amines is 1. The molecule has 8 heteroatoms. The number of H-pyrrole nitrogens is 1. The maximum Gasteiger partial charge on any atom is 0.321 e. The fraction of sp³-hybridized carbons (Fsp3) is 0.526. The van der Waals surface area contributed by atoms with Crippen LogP contribution < -0.4 is 5.73 Å². The Kier molecular flexibility index (Phi) is 3.82. The van der Waals surface area contributed by atoms with Crippen molar-refractivity contribution in [3.8, 4) is 0 Å². The molecule has 2 fully saturated rings. The summed E-state index contributed by atoms with van der Waals surface area (Å²) in [5.74, 6) is 1.64. The minimum absolute atomic E-state index is 0.0752. The van der Waals surface area contributed by atoms with E-state index in [4.69, 9.17) is 10.7 Å². The van der Waals surface area contributed by atoms with Crippen LogP contribution >= 0.6 is 0 Å². The number of amides is 2. The average Bonchev–Trinajstić information content (AvgIpc) is 3.39. The highest BCUT2D eigenvalue weighted by atomic mass is 16.2. The molecule has 3 aromatic heterocycles. The largest absolute Gasteiger partial charge is 0.345 e. The first-order chi connectivity index (χ1) is 13.1. The normalized spacial score (nSPS) is 26.4. The molecule has 2 saturated heterocycles. The van der Waals surface area contributed by atoms with Crippen molar-refractivity contribution >= 4 is 22.7 Å². The maximum atomic E-state index is 13.0. The van der Waals surface area contributed by atoms with E-state index in [9.17, 15) is 4.79 Å². The summed E-state index contributed by atoms with van der Waals surface area (Å²) in [6.45, 7) is 4.48. The second-order valence-electron chi connectivity index (χ2n) is 7.85. The summed E-state index contributed by atoms with van der Waals surface area (Å²) >= 11 is 0. The summed E-state index contributed by atoms with van der Waals surface area (Å²) in [6, 6.07) is 2.10. The Morgan fingerprint density at radius 3 is 2.93 bits per heavy atom. The smallest absolute Gasteiger partial charge is 0.321 e. The zero-order valence-electron chi connectivity index (χ0n) is 15.5. The van der Waals surface area contributed by atoms with E-state index < -0.39 is 0 Å². The first-order valence-corrected chi connectivity index (χ1v) is 9.74. The molecule has 5 heterocycles. The van der Waals surface area contributed by atoms with E-state index in [1.165, 1.54) is 0 Å². The van der Waals surface area contributed by atoms with Gasteiger partial charge in [0.15, 0.2) is 5.65 Å². The number of fused-ring (bicyclic) bond motifs is 3. The third-order valence-electron chi connectivity index (χ3n) is 6.19. The van der Waals surface area contributed by atoms with Gasteiger partial charge in [-0.1, -0.05) is 6.92 Å². The van der Waals surface area contributed by atoms with Crippen molar-refractivity contribution in [1.29, 1.82) is 0 Å². The third-order valence-corrected chi connectivity index (χ3v) is 6.19. The fourth-order valence-electron chi connectivity index (χ4n) is 4.55. The summed E-state index contributed by atoms with van der Waals surface area (Å²) in [4.78, 5) is 29.1. The second-order valence-corrected chi connectivity index (χ2v) is 7.85. The Morgan fingerprint density at radius 1 is 1.26 bits per heavy atom. The monoisotopic (exact) mass is 367 g/mol. The number of carbonyl (C=O) groups excluding carboxylic acids is 1. The van der Waals surface area contributed by atoms with Gasteiger partial charge in [0.2, 0.25) is 0 Å². The number of carbonyl (C=O) groups is 1. The van der Waals surface area contributed by atoms with E-state index in [0.717, 1.165) is 54.9 Å². The standard InChI is InChI=1S/C19H25N7O/c1-12-5-8-24(19(27)25-7-2-3-16(25)20)11-14(12)18-23-10-13-9-22-17-15(26(13)18)4-6-21-17/h4,6,9-10,12,14,16,21H,2-3,5,7-8,11,20H2,1H3/t12-,14+,16+/m1/s1. The van der Waals surface area contributed by atoms with E-state index in [0.29, 0.717) is 12.5 Å². The Morgan fingerprint density at radius 2 is 2.11 bits per heavy atom. The number of hydrogen-bond donors (Lipinski definition) is 2. The topological polar surface area (TPSA) is 95.6 Å². The highest BCUT2D eigenvalue weighted by Crippen LogP contribution is 2.33. The van der Waals surface area contributed by atoms with Crippen LogP contribution in [0.25, 0.3) is 16.7 Å². The highest BCUT2D eigenvalue weighted by molar-refractivity contribution is 5.76. The van der Waals surface area contributed by atoms with E-state index in [2.05, 4.69) is 21.3 Å². The van der Waals surface area contributed by atoms with Crippen LogP contribution in [0.4, 0.5) is 4.79 Å². The molecule has 0 bridgehead atoms. The molecule has 0 radical (unpaired) electrons. The number of likely N-dealkylation sites (tertiary alicyclic amines) is 2. The predicted molar refractivity (Wildman–Crippen MR) is 102 cm³/mol. The van der Waals surface area contributed by atoms with Gasteiger partial charge in [-0.15, -0.1) is 0 Å². The lowest BCUT2D eigenvalue weighted by atomic mass is 9.86. The van der Waals surface area contributed by atoms with Crippen LogP contribution in [0.3, 0.4) is 0 Å². The van der Waals surface area contributed by atoms with Gasteiger partial charge >= 0.3 is 6.03 Å². The Hall–Kier alpha value is -2.61. The van der Waals surface area contributed by atoms with Crippen LogP contribution in [0.15, 0.2) is 24.7 Å². The van der Waals surface area contributed by atoms with Gasteiger partial charge < -0.3 is 20.5 Å². The molecule has 0 saturated carbocycles. The molecule has 2 amide bonds. The van der Waals surface area contributed by atoms with Crippen LogP contribution in [0.2, 0.25) is 0 Å². The van der Waals surface area contributed by atoms with Crippen molar-refractivity contribution in [2.45, 2.75) is 38.3 Å². The Bertz CT molecular complexity index is 992. The van der Waals surface area contributed by atoms with E-state index in [-0.39, 0.29) is 18.1 Å². The van der Waals surface area contributed by atoms with Crippen molar-refractivity contribution in [2.75, 3.05) is 19.6 Å². The van der Waals surface area contributed by atoms with Gasteiger partial charge in [-0.05, 0) is 31.2 Å². The van der Waals surface area contributed by atoms with Crippen LogP contribution in [0.1, 0.15) is 37.9 Å². The molecular weight excluding hydrogens is 342 g/mol. The molecule has 27 heavy (non-hydrogen) atoms. The van der Waals surface area contributed by atoms with Crippen molar-refractivity contribution in [3.05, 3.63) is 30.5 Å². The van der Waals surface area contributed by atoms with Crippen LogP contribution in [-0.4, -0.2) is 61.0 Å². The number of nitrogens with two attached hydrogens (primary N) is 1. The number of piperidine rings is 1. The lowest BCUT2D eigenvalue weighted by Crippen LogP contribution is -2.52. The minimum Gasteiger partial charge on any atom is -0.345 e. The SMILES string of the molecule is C[C@@H]1CCN(C(=O)N2CCC[C@H]2N)C[C@@H]1c1ncc2cnc3[nH]ccc3n12. The molecular formula is C19H25N7O. The van der Waals surface area contributed by atoms with Crippen LogP contribution in [-0.2, 0) is 0 Å². The minimum atomic E-state index is -0.145. The molecule has 0 spiro atoms. The fourth-order valence-corrected chi connectivity index (χ4v) is 4.55. The summed E-state index contributed by atoms with van der Waals surface area (Å²) in [6.07, 6.45) is 8.32. The molecule has 2 aliphatic heterocycles. The van der Waals surface area contributed by atoms with Crippen LogP contribution in [0.5, 0.6) is 0 Å². The molecule has 142 valence electrons. The number of nitrogens with one attached hydrogen (secondary N) is 1. The Balaban J connectivity index is 1.49. The summed E-state index contributed by atoms with van der Waals surface area (Å²) in [7, 11) is 0. The quantitative estimate of drug-likeness (QED) is 0.689. The highest BCUT2D eigenvalue weighted by Gasteiger charge is 2.36. The third kappa shape index (κ3) is 2.58. The van der Waals surface area contributed by atoms with Crippen molar-refractivity contribution in [1.82, 2.24) is 29.2 Å². The lowest BCUT2D eigenvalue weighted by molar-refractivity contribution is 0.121. The van der Waals surface area contributed by atoms with Crippen molar-refractivity contribution < 1.29 is 4.79 Å². The van der Waals surface area contributed by atoms with Gasteiger partial charge in [-0.25, -0.2) is 14.8 Å². The van der Waals surface area contributed by atoms with Gasteiger partial charge in [0, 0.05) is 31.7 Å². The summed E-state index contributed by atoms with van der Waals surface area (Å²) in [5.41, 5.74) is 8.97. The van der Waals surface area contributed by atoms with Gasteiger partial charge in [0.25, 0.3) is 0 Å².